The lowest BCUT2D eigenvalue weighted by Crippen LogP contribution is -2.45. The Kier molecular flexibility index (Phi) is 10.3. The minimum atomic E-state index is -1.15. The number of aliphatic hydroxyl groups is 2. The Balaban J connectivity index is 1.36. The topological polar surface area (TPSA) is 103 Å². The monoisotopic (exact) mass is 515 g/mol. The Labute approximate surface area is 221 Å². The molecule has 1 spiro atoms. The van der Waals surface area contributed by atoms with E-state index < -0.39 is 17.6 Å². The number of hydrogen-bond donors (Lipinski definition) is 2. The molecule has 1 aliphatic carbocycles. The van der Waals surface area contributed by atoms with Gasteiger partial charge in [0.2, 0.25) is 5.91 Å². The Morgan fingerprint density at radius 1 is 0.946 bits per heavy atom. The summed E-state index contributed by atoms with van der Waals surface area (Å²) in [7, 11) is 0. The lowest BCUT2D eigenvalue weighted by atomic mass is 9.74. The molecule has 0 radical (unpaired) electrons. The largest absolute Gasteiger partial charge is 0.462 e. The van der Waals surface area contributed by atoms with Crippen molar-refractivity contribution in [3.8, 4) is 0 Å². The van der Waals surface area contributed by atoms with Crippen molar-refractivity contribution in [3.63, 3.8) is 0 Å². The van der Waals surface area contributed by atoms with Crippen molar-refractivity contribution in [2.24, 2.45) is 11.3 Å². The molecule has 0 aromatic carbocycles. The standard InChI is InChI=1S/C29H45N3O5/c33-25-11-18-32(27(35)8-7-23-5-1-2-6-23)17-4-3-12-29(28(36)37-22-26(25)34)13-19-31(20-14-29)21-24-9-15-30-16-10-24/h9-10,15-16,23,25-26,33-34H,1-8,11-14,17-22H2/t25-,26+/m0/s1. The zero-order valence-corrected chi connectivity index (χ0v) is 22.2. The number of carbonyl (C=O) groups excluding carboxylic acids is 2. The maximum Gasteiger partial charge on any atom is 0.312 e. The van der Waals surface area contributed by atoms with Crippen molar-refractivity contribution in [1.82, 2.24) is 14.8 Å². The number of rotatable bonds is 5. The molecule has 4 rings (SSSR count). The average molecular weight is 516 g/mol. The molecular formula is C29H45N3O5. The average Bonchev–Trinajstić information content (AvgIpc) is 3.44. The van der Waals surface area contributed by atoms with Crippen LogP contribution in [0, 0.1) is 11.3 Å². The molecule has 2 saturated heterocycles. The Hall–Kier alpha value is -2.03. The van der Waals surface area contributed by atoms with Crippen molar-refractivity contribution in [1.29, 1.82) is 0 Å². The summed E-state index contributed by atoms with van der Waals surface area (Å²) in [5.74, 6) is 0.556. The van der Waals surface area contributed by atoms with Gasteiger partial charge in [-0.3, -0.25) is 19.5 Å². The second kappa shape index (κ2) is 13.7. The number of piperidine rings is 1. The predicted octanol–water partition coefficient (Wildman–Crippen LogP) is 3.30. The second-order valence-corrected chi connectivity index (χ2v) is 11.5. The molecule has 2 aliphatic heterocycles. The molecule has 37 heavy (non-hydrogen) atoms. The van der Waals surface area contributed by atoms with Crippen LogP contribution >= 0.6 is 0 Å². The lowest BCUT2D eigenvalue weighted by Gasteiger charge is -2.40. The van der Waals surface area contributed by atoms with E-state index >= 15 is 0 Å². The molecular weight excluding hydrogens is 470 g/mol. The minimum absolute atomic E-state index is 0.148. The van der Waals surface area contributed by atoms with Gasteiger partial charge in [-0.2, -0.15) is 0 Å². The van der Waals surface area contributed by atoms with Gasteiger partial charge in [0.1, 0.15) is 12.7 Å². The zero-order chi connectivity index (χ0) is 26.1. The molecule has 2 N–H and O–H groups in total. The van der Waals surface area contributed by atoms with Gasteiger partial charge in [0, 0.05) is 38.4 Å². The predicted molar refractivity (Wildman–Crippen MR) is 140 cm³/mol. The smallest absolute Gasteiger partial charge is 0.312 e. The third-order valence-electron chi connectivity index (χ3n) is 8.85. The van der Waals surface area contributed by atoms with Crippen LogP contribution in [0.2, 0.25) is 0 Å². The Morgan fingerprint density at radius 2 is 1.68 bits per heavy atom. The molecule has 3 aliphatic rings. The summed E-state index contributed by atoms with van der Waals surface area (Å²) in [6, 6.07) is 4.04. The highest BCUT2D eigenvalue weighted by atomic mass is 16.5. The van der Waals surface area contributed by atoms with Crippen LogP contribution in [-0.2, 0) is 20.9 Å². The van der Waals surface area contributed by atoms with E-state index in [1.807, 2.05) is 17.0 Å². The first-order valence-corrected chi connectivity index (χ1v) is 14.4. The lowest BCUT2D eigenvalue weighted by molar-refractivity contribution is -0.165. The van der Waals surface area contributed by atoms with E-state index in [0.29, 0.717) is 38.3 Å². The number of aromatic nitrogens is 1. The summed E-state index contributed by atoms with van der Waals surface area (Å²) in [5.41, 5.74) is 0.628. The Morgan fingerprint density at radius 3 is 2.41 bits per heavy atom. The Bertz CT molecular complexity index is 852. The van der Waals surface area contributed by atoms with Crippen molar-refractivity contribution in [2.45, 2.75) is 95.8 Å². The molecule has 3 fully saturated rings. The van der Waals surface area contributed by atoms with Gasteiger partial charge in [0.05, 0.1) is 11.5 Å². The van der Waals surface area contributed by atoms with Crippen molar-refractivity contribution in [2.75, 3.05) is 32.8 Å². The maximum atomic E-state index is 13.3. The molecule has 2 atom stereocenters. The van der Waals surface area contributed by atoms with Gasteiger partial charge >= 0.3 is 5.97 Å². The number of aliphatic hydroxyl groups excluding tert-OH is 2. The van der Waals surface area contributed by atoms with Gasteiger partial charge in [-0.05, 0) is 75.2 Å². The molecule has 1 aromatic rings. The first-order valence-electron chi connectivity index (χ1n) is 14.4. The summed E-state index contributed by atoms with van der Waals surface area (Å²) in [6.45, 7) is 3.27. The fourth-order valence-electron chi connectivity index (χ4n) is 6.26. The summed E-state index contributed by atoms with van der Waals surface area (Å²) in [6.07, 6.45) is 12.0. The number of amides is 1. The molecule has 1 saturated carbocycles. The molecule has 0 bridgehead atoms. The van der Waals surface area contributed by atoms with Crippen molar-refractivity contribution >= 4 is 11.9 Å². The van der Waals surface area contributed by atoms with Gasteiger partial charge in [-0.25, -0.2) is 0 Å². The molecule has 0 unspecified atom stereocenters. The molecule has 1 aromatic heterocycles. The highest BCUT2D eigenvalue weighted by molar-refractivity contribution is 5.77. The number of cyclic esters (lactones) is 1. The van der Waals surface area contributed by atoms with E-state index in [4.69, 9.17) is 4.74 Å². The first-order chi connectivity index (χ1) is 17.9. The summed E-state index contributed by atoms with van der Waals surface area (Å²) < 4.78 is 5.60. The van der Waals surface area contributed by atoms with E-state index in [0.717, 1.165) is 45.3 Å². The van der Waals surface area contributed by atoms with Crippen LogP contribution in [0.5, 0.6) is 0 Å². The number of likely N-dealkylation sites (tertiary alicyclic amines) is 1. The third kappa shape index (κ3) is 7.98. The van der Waals surface area contributed by atoms with Gasteiger partial charge in [-0.15, -0.1) is 0 Å². The van der Waals surface area contributed by atoms with Crippen LogP contribution in [0.25, 0.3) is 0 Å². The van der Waals surface area contributed by atoms with Crippen LogP contribution in [0.15, 0.2) is 24.5 Å². The van der Waals surface area contributed by atoms with Crippen LogP contribution < -0.4 is 0 Å². The van der Waals surface area contributed by atoms with E-state index in [1.165, 1.54) is 31.2 Å². The number of ether oxygens (including phenoxy) is 1. The molecule has 206 valence electrons. The van der Waals surface area contributed by atoms with Gasteiger partial charge in [0.25, 0.3) is 0 Å². The normalized spacial score (nSPS) is 26.8. The highest BCUT2D eigenvalue weighted by Crippen LogP contribution is 2.39. The second-order valence-electron chi connectivity index (χ2n) is 11.5. The van der Waals surface area contributed by atoms with Gasteiger partial charge in [-0.1, -0.05) is 32.1 Å². The van der Waals surface area contributed by atoms with Crippen LogP contribution in [0.4, 0.5) is 0 Å². The molecule has 3 heterocycles. The fourth-order valence-corrected chi connectivity index (χ4v) is 6.26. The van der Waals surface area contributed by atoms with Crippen molar-refractivity contribution in [3.05, 3.63) is 30.1 Å². The highest BCUT2D eigenvalue weighted by Gasteiger charge is 2.42. The molecule has 8 heteroatoms. The number of hydrogen-bond acceptors (Lipinski definition) is 7. The number of esters is 1. The van der Waals surface area contributed by atoms with Crippen LogP contribution in [0.3, 0.4) is 0 Å². The van der Waals surface area contributed by atoms with Crippen LogP contribution in [-0.4, -0.2) is 81.9 Å². The van der Waals surface area contributed by atoms with E-state index in [-0.39, 0.29) is 24.9 Å². The number of pyridine rings is 1. The zero-order valence-electron chi connectivity index (χ0n) is 22.2. The molecule has 1 amide bonds. The van der Waals surface area contributed by atoms with Gasteiger partial charge in [0.15, 0.2) is 0 Å². The first kappa shape index (κ1) is 28.0. The quantitative estimate of drug-likeness (QED) is 0.580. The van der Waals surface area contributed by atoms with E-state index in [1.54, 1.807) is 12.4 Å². The summed E-state index contributed by atoms with van der Waals surface area (Å²) >= 11 is 0. The number of nitrogens with zero attached hydrogens (tertiary/aromatic N) is 3. The van der Waals surface area contributed by atoms with Crippen LogP contribution in [0.1, 0.15) is 82.6 Å². The summed E-state index contributed by atoms with van der Waals surface area (Å²) in [4.78, 5) is 34.7. The summed E-state index contributed by atoms with van der Waals surface area (Å²) in [5, 5.41) is 21.0. The third-order valence-corrected chi connectivity index (χ3v) is 8.85. The minimum Gasteiger partial charge on any atom is -0.462 e. The van der Waals surface area contributed by atoms with E-state index in [9.17, 15) is 19.8 Å². The number of carbonyl (C=O) groups is 2. The fraction of sp³-hybridized carbons (Fsp3) is 0.759. The molecule has 8 nitrogen and oxygen atoms in total. The van der Waals surface area contributed by atoms with E-state index in [2.05, 4.69) is 9.88 Å². The van der Waals surface area contributed by atoms with Crippen molar-refractivity contribution < 1.29 is 24.5 Å². The SMILES string of the molecule is O=C(CCC1CCCC1)N1CCCCC2(CCN(Cc3ccncc3)CC2)C(=O)OC[C@@H](O)[C@@H](O)CC1. The maximum absolute atomic E-state index is 13.3. The van der Waals surface area contributed by atoms with Gasteiger partial charge < -0.3 is 19.8 Å².